The van der Waals surface area contributed by atoms with Gasteiger partial charge in [-0.2, -0.15) is 0 Å². The van der Waals surface area contributed by atoms with Gasteiger partial charge in [0, 0.05) is 17.0 Å². The first kappa shape index (κ1) is 25.7. The Bertz CT molecular complexity index is 1270. The highest BCUT2D eigenvalue weighted by Gasteiger charge is 2.53. The van der Waals surface area contributed by atoms with Gasteiger partial charge in [0.25, 0.3) is 0 Å². The van der Waals surface area contributed by atoms with Gasteiger partial charge < -0.3 is 15.1 Å². The van der Waals surface area contributed by atoms with Gasteiger partial charge in [-0.25, -0.2) is 0 Å². The normalized spacial score (nSPS) is 25.1. The van der Waals surface area contributed by atoms with Crippen LogP contribution >= 0.6 is 11.3 Å². The van der Waals surface area contributed by atoms with Gasteiger partial charge in [-0.05, 0) is 92.4 Å². The average molecular weight is 518 g/mol. The van der Waals surface area contributed by atoms with Crippen molar-refractivity contribution in [2.24, 2.45) is 5.92 Å². The first-order valence-electron chi connectivity index (χ1n) is 13.2. The molecule has 0 spiro atoms. The van der Waals surface area contributed by atoms with Crippen molar-refractivity contribution in [1.82, 2.24) is 4.90 Å². The van der Waals surface area contributed by atoms with Crippen molar-refractivity contribution in [1.29, 1.82) is 0 Å². The van der Waals surface area contributed by atoms with Crippen LogP contribution in [-0.2, 0) is 16.6 Å². The molecule has 2 N–H and O–H groups in total. The molecule has 2 aromatic carbocycles. The molecule has 1 unspecified atom stereocenters. The first-order valence-corrected chi connectivity index (χ1v) is 14.1. The van der Waals surface area contributed by atoms with Gasteiger partial charge in [0.05, 0.1) is 10.8 Å². The average Bonchev–Trinajstić information content (AvgIpc) is 3.46. The summed E-state index contributed by atoms with van der Waals surface area (Å²) in [5.41, 5.74) is 4.64. The summed E-state index contributed by atoms with van der Waals surface area (Å²) in [7, 11) is 2.30. The highest BCUT2D eigenvalue weighted by Crippen LogP contribution is 2.55. The summed E-state index contributed by atoms with van der Waals surface area (Å²) >= 11 is 1.40. The second-order valence-corrected chi connectivity index (χ2v) is 11.8. The van der Waals surface area contributed by atoms with Crippen LogP contribution in [0.5, 0.6) is 5.75 Å². The molecule has 3 aliphatic rings. The maximum absolute atomic E-state index is 12.0. The van der Waals surface area contributed by atoms with Crippen molar-refractivity contribution < 1.29 is 19.8 Å². The maximum Gasteiger partial charge on any atom is 0.310 e. The summed E-state index contributed by atoms with van der Waals surface area (Å²) in [6, 6.07) is 17.2. The van der Waals surface area contributed by atoms with E-state index in [-0.39, 0.29) is 5.78 Å². The van der Waals surface area contributed by atoms with Crippen molar-refractivity contribution in [2.45, 2.75) is 62.8 Å². The summed E-state index contributed by atoms with van der Waals surface area (Å²) < 4.78 is 0. The van der Waals surface area contributed by atoms with Gasteiger partial charge >= 0.3 is 5.97 Å². The molecule has 2 fully saturated rings. The van der Waals surface area contributed by atoms with Crippen molar-refractivity contribution >= 4 is 23.1 Å². The standard InChI is InChI=1S/C17H23NO.C14H12O3S/c1-18-9-8-17-7-3-2-4-14(17)16(18)10-12-5-6-13(19)11-15(12)17;1-9(14(16)17)10-4-6-11(7-5-10)13(15)12-3-2-8-18-12/h5-6,11,14,16,19H,2-4,7-10H2,1H3;2-9H,1H3,(H,16,17)/t14-,16-,17+;/m0./s1. The van der Waals surface area contributed by atoms with Gasteiger partial charge in [-0.3, -0.25) is 9.59 Å². The third-order valence-electron chi connectivity index (χ3n) is 8.89. The molecule has 1 saturated heterocycles. The second-order valence-electron chi connectivity index (χ2n) is 10.8. The minimum atomic E-state index is -0.868. The van der Waals surface area contributed by atoms with Gasteiger partial charge in [0.1, 0.15) is 5.75 Å². The van der Waals surface area contributed by atoms with Crippen LogP contribution in [-0.4, -0.2) is 46.5 Å². The zero-order chi connectivity index (χ0) is 26.2. The lowest BCUT2D eigenvalue weighted by Crippen LogP contribution is -2.59. The zero-order valence-electron chi connectivity index (χ0n) is 21.5. The smallest absolute Gasteiger partial charge is 0.310 e. The van der Waals surface area contributed by atoms with Crippen LogP contribution in [0.4, 0.5) is 0 Å². The van der Waals surface area contributed by atoms with E-state index in [9.17, 15) is 14.7 Å². The largest absolute Gasteiger partial charge is 0.508 e. The van der Waals surface area contributed by atoms with Crippen LogP contribution in [0.15, 0.2) is 60.0 Å². The number of hydrogen-bond donors (Lipinski definition) is 2. The fraction of sp³-hybridized carbons (Fsp3) is 0.419. The first-order chi connectivity index (χ1) is 17.8. The number of likely N-dealkylation sites (N-methyl/N-ethyl adjacent to an activating group) is 1. The number of rotatable bonds is 4. The highest BCUT2D eigenvalue weighted by molar-refractivity contribution is 7.12. The van der Waals surface area contributed by atoms with Gasteiger partial charge in [-0.15, -0.1) is 11.3 Å². The van der Waals surface area contributed by atoms with Crippen LogP contribution in [0.25, 0.3) is 0 Å². The molecule has 2 heterocycles. The summed E-state index contributed by atoms with van der Waals surface area (Å²) in [5.74, 6) is -0.188. The number of carboxylic acid groups (broad SMARTS) is 1. The van der Waals surface area contributed by atoms with E-state index in [4.69, 9.17) is 5.11 Å². The Morgan fingerprint density at radius 1 is 1.08 bits per heavy atom. The minimum absolute atomic E-state index is 0.0282. The molecule has 6 rings (SSSR count). The Morgan fingerprint density at radius 2 is 1.86 bits per heavy atom. The third kappa shape index (κ3) is 4.85. The van der Waals surface area contributed by atoms with Crippen LogP contribution in [0.2, 0.25) is 0 Å². The second kappa shape index (κ2) is 10.4. The van der Waals surface area contributed by atoms with Crippen LogP contribution in [0.3, 0.4) is 0 Å². The van der Waals surface area contributed by atoms with Crippen LogP contribution < -0.4 is 0 Å². The summed E-state index contributed by atoms with van der Waals surface area (Å²) in [6.45, 7) is 2.84. The number of phenolic OH excluding ortho intramolecular Hbond substituents is 1. The predicted molar refractivity (Wildman–Crippen MR) is 147 cm³/mol. The number of piperidine rings is 1. The van der Waals surface area contributed by atoms with E-state index in [1.54, 1.807) is 37.3 Å². The lowest BCUT2D eigenvalue weighted by Gasteiger charge is -2.58. The fourth-order valence-electron chi connectivity index (χ4n) is 6.80. The van der Waals surface area contributed by atoms with E-state index in [1.807, 2.05) is 17.5 Å². The zero-order valence-corrected chi connectivity index (χ0v) is 22.3. The number of likely N-dealkylation sites (tertiary alicyclic amines) is 1. The molecule has 0 radical (unpaired) electrons. The lowest BCUT2D eigenvalue weighted by molar-refractivity contribution is -0.138. The lowest BCUT2D eigenvalue weighted by atomic mass is 9.52. The van der Waals surface area contributed by atoms with E-state index in [0.29, 0.717) is 27.2 Å². The van der Waals surface area contributed by atoms with Crippen LogP contribution in [0, 0.1) is 5.92 Å². The molecule has 1 aromatic heterocycles. The molecule has 1 saturated carbocycles. The minimum Gasteiger partial charge on any atom is -0.508 e. The Balaban J connectivity index is 0.000000152. The SMILES string of the molecule is CC(C(=O)O)c1ccc(C(=O)c2cccs2)cc1.CN1CC[C@]23CCCC[C@H]2[C@@H]1Cc1ccc(O)cc13. The third-order valence-corrected chi connectivity index (χ3v) is 9.75. The van der Waals surface area contributed by atoms with E-state index < -0.39 is 11.9 Å². The quantitative estimate of drug-likeness (QED) is 0.400. The number of benzene rings is 2. The summed E-state index contributed by atoms with van der Waals surface area (Å²) in [5, 5.41) is 20.7. The number of phenols is 1. The van der Waals surface area contributed by atoms with Gasteiger partial charge in [0.15, 0.2) is 0 Å². The molecule has 1 aliphatic heterocycles. The molecule has 194 valence electrons. The molecule has 6 heteroatoms. The van der Waals surface area contributed by atoms with E-state index in [2.05, 4.69) is 24.1 Å². The molecule has 3 aromatic rings. The highest BCUT2D eigenvalue weighted by atomic mass is 32.1. The van der Waals surface area contributed by atoms with E-state index in [1.165, 1.54) is 67.5 Å². The number of ketones is 1. The van der Waals surface area contributed by atoms with Crippen molar-refractivity contribution in [3.05, 3.63) is 87.1 Å². The molecule has 2 bridgehead atoms. The molecule has 5 nitrogen and oxygen atoms in total. The number of thiophene rings is 1. The Kier molecular flexibility index (Phi) is 7.24. The molecule has 0 amide bonds. The molecular weight excluding hydrogens is 482 g/mol. The fourth-order valence-corrected chi connectivity index (χ4v) is 7.49. The Labute approximate surface area is 222 Å². The molecule has 37 heavy (non-hydrogen) atoms. The monoisotopic (exact) mass is 517 g/mol. The number of carboxylic acids is 1. The van der Waals surface area contributed by atoms with E-state index in [0.717, 1.165) is 12.0 Å². The molecule has 4 atom stereocenters. The number of aliphatic carboxylic acids is 1. The number of carbonyl (C=O) groups is 2. The van der Waals surface area contributed by atoms with Crippen molar-refractivity contribution in [2.75, 3.05) is 13.6 Å². The summed E-state index contributed by atoms with van der Waals surface area (Å²) in [6.07, 6.45) is 7.93. The summed E-state index contributed by atoms with van der Waals surface area (Å²) in [4.78, 5) is 26.1. The Morgan fingerprint density at radius 3 is 2.57 bits per heavy atom. The molecular formula is C31H35NO4S. The number of carbonyl (C=O) groups excluding carboxylic acids is 1. The van der Waals surface area contributed by atoms with Gasteiger partial charge in [-0.1, -0.05) is 49.2 Å². The number of fused-ring (bicyclic) bond motifs is 1. The predicted octanol–water partition coefficient (Wildman–Crippen LogP) is 6.25. The van der Waals surface area contributed by atoms with Crippen molar-refractivity contribution in [3.63, 3.8) is 0 Å². The molecule has 2 aliphatic carbocycles. The van der Waals surface area contributed by atoms with E-state index >= 15 is 0 Å². The topological polar surface area (TPSA) is 77.8 Å². The maximum atomic E-state index is 12.0. The number of aromatic hydroxyl groups is 1. The van der Waals surface area contributed by atoms with Crippen molar-refractivity contribution in [3.8, 4) is 5.75 Å². The number of nitrogens with zero attached hydrogens (tertiary/aromatic N) is 1. The number of hydrogen-bond acceptors (Lipinski definition) is 5. The van der Waals surface area contributed by atoms with Gasteiger partial charge in [0.2, 0.25) is 5.78 Å². The Hall–Kier alpha value is -2.96. The van der Waals surface area contributed by atoms with Crippen LogP contribution in [0.1, 0.15) is 76.9 Å².